The highest BCUT2D eigenvalue weighted by atomic mass is 16.5. The average Bonchev–Trinajstić information content (AvgIpc) is 2.25. The molecular weight excluding hydrogens is 192 g/mol. The topological polar surface area (TPSA) is 55.2 Å². The van der Waals surface area contributed by atoms with Crippen LogP contribution in [0.4, 0.5) is 0 Å². The van der Waals surface area contributed by atoms with E-state index in [4.69, 9.17) is 9.84 Å². The van der Waals surface area contributed by atoms with E-state index in [0.29, 0.717) is 12.6 Å². The predicted octanol–water partition coefficient (Wildman–Crippen LogP) is 1.85. The molecular formula is C11H18N2O2. The molecule has 84 valence electrons. The summed E-state index contributed by atoms with van der Waals surface area (Å²) in [4.78, 5) is 8.16. The third-order valence-electron chi connectivity index (χ3n) is 2.21. The van der Waals surface area contributed by atoms with Gasteiger partial charge in [0.2, 0.25) is 0 Å². The monoisotopic (exact) mass is 210 g/mol. The number of hydrogen-bond acceptors (Lipinski definition) is 4. The van der Waals surface area contributed by atoms with Crippen molar-refractivity contribution in [2.24, 2.45) is 0 Å². The first-order chi connectivity index (χ1) is 7.27. The zero-order chi connectivity index (χ0) is 11.1. The highest BCUT2D eigenvalue weighted by molar-refractivity contribution is 5.16. The molecule has 0 aromatic carbocycles. The van der Waals surface area contributed by atoms with Crippen LogP contribution < -0.4 is 4.74 Å². The van der Waals surface area contributed by atoms with E-state index in [0.717, 1.165) is 24.1 Å². The van der Waals surface area contributed by atoms with E-state index >= 15 is 0 Å². The van der Waals surface area contributed by atoms with Gasteiger partial charge in [-0.3, -0.25) is 0 Å². The second-order valence-corrected chi connectivity index (χ2v) is 3.48. The van der Waals surface area contributed by atoms with Crippen LogP contribution in [0.15, 0.2) is 6.20 Å². The number of rotatable bonds is 6. The van der Waals surface area contributed by atoms with E-state index in [1.807, 2.05) is 6.92 Å². The molecule has 15 heavy (non-hydrogen) atoms. The maximum absolute atomic E-state index is 8.93. The molecule has 0 saturated carbocycles. The summed E-state index contributed by atoms with van der Waals surface area (Å²) in [5.74, 6) is 0. The summed E-state index contributed by atoms with van der Waals surface area (Å²) in [7, 11) is 0. The Kier molecular flexibility index (Phi) is 5.04. The number of hydrogen-bond donors (Lipinski definition) is 1. The van der Waals surface area contributed by atoms with Crippen molar-refractivity contribution in [1.29, 1.82) is 0 Å². The van der Waals surface area contributed by atoms with Gasteiger partial charge in [0.1, 0.15) is 0 Å². The van der Waals surface area contributed by atoms with Crippen molar-refractivity contribution in [3.05, 3.63) is 17.5 Å². The Morgan fingerprint density at radius 3 is 2.80 bits per heavy atom. The molecule has 1 aromatic rings. The van der Waals surface area contributed by atoms with E-state index in [1.165, 1.54) is 6.42 Å². The minimum absolute atomic E-state index is 0.0258. The van der Waals surface area contributed by atoms with Gasteiger partial charge in [-0.05, 0) is 13.3 Å². The maximum Gasteiger partial charge on any atom is 0.316 e. The second kappa shape index (κ2) is 6.35. The second-order valence-electron chi connectivity index (χ2n) is 3.48. The van der Waals surface area contributed by atoms with Gasteiger partial charge in [0.25, 0.3) is 0 Å². The molecule has 0 amide bonds. The zero-order valence-corrected chi connectivity index (χ0v) is 9.36. The number of aryl methyl sites for hydroxylation is 1. The molecule has 0 aliphatic rings. The van der Waals surface area contributed by atoms with E-state index in [9.17, 15) is 0 Å². The Labute approximate surface area is 90.3 Å². The fourth-order valence-electron chi connectivity index (χ4n) is 1.21. The molecule has 1 rings (SSSR count). The lowest BCUT2D eigenvalue weighted by atomic mass is 10.2. The lowest BCUT2D eigenvalue weighted by Crippen LogP contribution is -2.03. The molecule has 0 aliphatic heterocycles. The van der Waals surface area contributed by atoms with Crippen LogP contribution in [0.25, 0.3) is 0 Å². The van der Waals surface area contributed by atoms with Crippen LogP contribution in [-0.4, -0.2) is 21.7 Å². The Morgan fingerprint density at radius 2 is 2.20 bits per heavy atom. The summed E-state index contributed by atoms with van der Waals surface area (Å²) in [6.45, 7) is 4.62. The van der Waals surface area contributed by atoms with Crippen molar-refractivity contribution in [2.45, 2.75) is 39.7 Å². The first-order valence-corrected chi connectivity index (χ1v) is 5.34. The summed E-state index contributed by atoms with van der Waals surface area (Å²) in [6.07, 6.45) is 4.97. The zero-order valence-electron chi connectivity index (χ0n) is 9.36. The molecule has 0 aliphatic carbocycles. The first kappa shape index (κ1) is 11.9. The van der Waals surface area contributed by atoms with Crippen LogP contribution in [0.1, 0.15) is 37.4 Å². The van der Waals surface area contributed by atoms with Gasteiger partial charge >= 0.3 is 6.01 Å². The van der Waals surface area contributed by atoms with Crippen molar-refractivity contribution in [3.8, 4) is 6.01 Å². The number of unbranched alkanes of at least 4 members (excludes halogenated alkanes) is 2. The highest BCUT2D eigenvalue weighted by Gasteiger charge is 2.02. The molecule has 1 aromatic heterocycles. The molecule has 4 nitrogen and oxygen atoms in total. The van der Waals surface area contributed by atoms with Crippen molar-refractivity contribution in [3.63, 3.8) is 0 Å². The minimum Gasteiger partial charge on any atom is -0.463 e. The fraction of sp³-hybridized carbons (Fsp3) is 0.636. The van der Waals surface area contributed by atoms with Crippen LogP contribution >= 0.6 is 0 Å². The summed E-state index contributed by atoms with van der Waals surface area (Å²) >= 11 is 0. The molecule has 0 unspecified atom stereocenters. The van der Waals surface area contributed by atoms with E-state index in [1.54, 1.807) is 6.20 Å². The smallest absolute Gasteiger partial charge is 0.316 e. The van der Waals surface area contributed by atoms with E-state index in [-0.39, 0.29) is 6.61 Å². The number of aliphatic hydroxyl groups is 1. The van der Waals surface area contributed by atoms with Crippen molar-refractivity contribution in [1.82, 2.24) is 9.97 Å². The van der Waals surface area contributed by atoms with Crippen molar-refractivity contribution < 1.29 is 9.84 Å². The van der Waals surface area contributed by atoms with Gasteiger partial charge < -0.3 is 9.84 Å². The molecule has 0 radical (unpaired) electrons. The van der Waals surface area contributed by atoms with Crippen LogP contribution in [-0.2, 0) is 6.61 Å². The first-order valence-electron chi connectivity index (χ1n) is 5.34. The molecule has 4 heteroatoms. The Balaban J connectivity index is 2.45. The van der Waals surface area contributed by atoms with Crippen molar-refractivity contribution in [2.75, 3.05) is 6.61 Å². The molecule has 0 bridgehead atoms. The predicted molar refractivity (Wildman–Crippen MR) is 57.7 cm³/mol. The standard InChI is InChI=1S/C11H18N2O2/c1-3-4-5-6-15-11-12-7-10(8-14)9(2)13-11/h7,14H,3-6,8H2,1-2H3. The Hall–Kier alpha value is -1.16. The number of nitrogens with zero attached hydrogens (tertiary/aromatic N) is 2. The molecule has 0 atom stereocenters. The lowest BCUT2D eigenvalue weighted by molar-refractivity contribution is 0.270. The maximum atomic E-state index is 8.93. The molecule has 0 fully saturated rings. The normalized spacial score (nSPS) is 10.3. The van der Waals surface area contributed by atoms with Gasteiger partial charge in [0, 0.05) is 11.8 Å². The summed E-state index contributed by atoms with van der Waals surface area (Å²) in [6, 6.07) is 0.404. The quantitative estimate of drug-likeness (QED) is 0.728. The summed E-state index contributed by atoms with van der Waals surface area (Å²) < 4.78 is 5.38. The van der Waals surface area contributed by atoms with Crippen LogP contribution in [0.2, 0.25) is 0 Å². The van der Waals surface area contributed by atoms with E-state index in [2.05, 4.69) is 16.9 Å². The van der Waals surface area contributed by atoms with Gasteiger partial charge in [-0.25, -0.2) is 9.97 Å². The van der Waals surface area contributed by atoms with Crippen LogP contribution in [0.5, 0.6) is 6.01 Å². The highest BCUT2D eigenvalue weighted by Crippen LogP contribution is 2.08. The van der Waals surface area contributed by atoms with Gasteiger partial charge in [-0.2, -0.15) is 0 Å². The number of aromatic nitrogens is 2. The average molecular weight is 210 g/mol. The fourth-order valence-corrected chi connectivity index (χ4v) is 1.21. The SMILES string of the molecule is CCCCCOc1ncc(CO)c(C)n1. The Morgan fingerprint density at radius 1 is 1.40 bits per heavy atom. The Bertz CT molecular complexity index is 303. The van der Waals surface area contributed by atoms with Gasteiger partial charge in [0.05, 0.1) is 18.9 Å². The summed E-state index contributed by atoms with van der Waals surface area (Å²) in [5.41, 5.74) is 1.52. The third kappa shape index (κ3) is 3.83. The molecule has 1 N–H and O–H groups in total. The van der Waals surface area contributed by atoms with Crippen molar-refractivity contribution >= 4 is 0 Å². The van der Waals surface area contributed by atoms with E-state index < -0.39 is 0 Å². The largest absolute Gasteiger partial charge is 0.463 e. The van der Waals surface area contributed by atoms with Gasteiger partial charge in [-0.1, -0.05) is 19.8 Å². The summed E-state index contributed by atoms with van der Waals surface area (Å²) in [5, 5.41) is 8.93. The number of ether oxygens (including phenoxy) is 1. The van der Waals surface area contributed by atoms with Crippen LogP contribution in [0.3, 0.4) is 0 Å². The number of aliphatic hydroxyl groups excluding tert-OH is 1. The van der Waals surface area contributed by atoms with Gasteiger partial charge in [0.15, 0.2) is 0 Å². The third-order valence-corrected chi connectivity index (χ3v) is 2.21. The molecule has 0 spiro atoms. The molecule has 1 heterocycles. The molecule has 0 saturated heterocycles. The lowest BCUT2D eigenvalue weighted by Gasteiger charge is -2.06. The van der Waals surface area contributed by atoms with Crippen LogP contribution in [0, 0.1) is 6.92 Å². The van der Waals surface area contributed by atoms with Gasteiger partial charge in [-0.15, -0.1) is 0 Å². The minimum atomic E-state index is -0.0258.